The van der Waals surface area contributed by atoms with Gasteiger partial charge in [0.1, 0.15) is 0 Å². The smallest absolute Gasteiger partial charge is 0.303 e. The average Bonchev–Trinajstić information content (AvgIpc) is 2.65. The molecule has 0 aliphatic rings. The van der Waals surface area contributed by atoms with E-state index in [9.17, 15) is 4.79 Å². The van der Waals surface area contributed by atoms with E-state index in [-0.39, 0.29) is 0 Å². The first-order chi connectivity index (χ1) is 12.8. The second-order valence-electron chi connectivity index (χ2n) is 6.96. The number of hydrogen-bond donors (Lipinski definition) is 1. The Labute approximate surface area is 160 Å². The van der Waals surface area contributed by atoms with Gasteiger partial charge in [0.15, 0.2) is 0 Å². The number of aliphatic carboxylic acids is 1. The molecule has 0 atom stereocenters. The van der Waals surface area contributed by atoms with Gasteiger partial charge in [0.25, 0.3) is 0 Å². The maximum absolute atomic E-state index is 10.4. The van der Waals surface area contributed by atoms with Gasteiger partial charge in [-0.3, -0.25) is 4.79 Å². The van der Waals surface area contributed by atoms with Gasteiger partial charge in [-0.05, 0) is 56.9 Å². The molecular formula is C24H36O2. The van der Waals surface area contributed by atoms with Crippen LogP contribution in [-0.4, -0.2) is 11.1 Å². The van der Waals surface area contributed by atoms with Crippen LogP contribution in [0.5, 0.6) is 0 Å². The lowest BCUT2D eigenvalue weighted by Gasteiger charge is -2.00. The largest absolute Gasteiger partial charge is 0.481 e. The van der Waals surface area contributed by atoms with E-state index in [0.29, 0.717) is 6.42 Å². The Hall–Kier alpha value is -1.83. The lowest BCUT2D eigenvalue weighted by atomic mass is 10.1. The summed E-state index contributed by atoms with van der Waals surface area (Å²) in [5, 5.41) is 8.56. The van der Waals surface area contributed by atoms with Crippen molar-refractivity contribution in [3.8, 4) is 0 Å². The number of carbonyl (C=O) groups is 1. The Bertz CT molecular complexity index is 502. The van der Waals surface area contributed by atoms with E-state index >= 15 is 0 Å². The van der Waals surface area contributed by atoms with Crippen molar-refractivity contribution in [3.63, 3.8) is 0 Å². The SMILES string of the molecule is O=C(O)CCCCCCC/C=C\C/C=C\CCCCCc1ccccc1. The minimum atomic E-state index is -0.673. The zero-order chi connectivity index (χ0) is 18.7. The number of allylic oxidation sites excluding steroid dienone is 4. The normalized spacial score (nSPS) is 11.5. The summed E-state index contributed by atoms with van der Waals surface area (Å²) < 4.78 is 0. The number of benzene rings is 1. The summed E-state index contributed by atoms with van der Waals surface area (Å²) in [6.45, 7) is 0. The molecule has 0 radical (unpaired) electrons. The van der Waals surface area contributed by atoms with Gasteiger partial charge in [0.05, 0.1) is 0 Å². The minimum Gasteiger partial charge on any atom is -0.481 e. The Kier molecular flexibility index (Phi) is 14.2. The first-order valence-electron chi connectivity index (χ1n) is 10.3. The molecule has 0 aromatic heterocycles. The first kappa shape index (κ1) is 22.2. The minimum absolute atomic E-state index is 0.319. The van der Waals surface area contributed by atoms with Crippen LogP contribution in [0, 0.1) is 0 Å². The lowest BCUT2D eigenvalue weighted by molar-refractivity contribution is -0.137. The van der Waals surface area contributed by atoms with Gasteiger partial charge in [-0.1, -0.05) is 80.3 Å². The van der Waals surface area contributed by atoms with Crippen molar-refractivity contribution in [1.82, 2.24) is 0 Å². The summed E-state index contributed by atoms with van der Waals surface area (Å²) in [6.07, 6.45) is 23.4. The third-order valence-electron chi connectivity index (χ3n) is 4.55. The van der Waals surface area contributed by atoms with Crippen LogP contribution >= 0.6 is 0 Å². The van der Waals surface area contributed by atoms with Crippen LogP contribution in [0.3, 0.4) is 0 Å². The van der Waals surface area contributed by atoms with Crippen LogP contribution in [0.2, 0.25) is 0 Å². The van der Waals surface area contributed by atoms with Gasteiger partial charge in [-0.25, -0.2) is 0 Å². The molecule has 1 rings (SSSR count). The highest BCUT2D eigenvalue weighted by Crippen LogP contribution is 2.09. The third kappa shape index (κ3) is 14.5. The molecule has 26 heavy (non-hydrogen) atoms. The first-order valence-corrected chi connectivity index (χ1v) is 10.3. The molecule has 0 aliphatic heterocycles. The van der Waals surface area contributed by atoms with Crippen molar-refractivity contribution < 1.29 is 9.90 Å². The summed E-state index contributed by atoms with van der Waals surface area (Å²) in [6, 6.07) is 10.7. The molecule has 0 fully saturated rings. The van der Waals surface area contributed by atoms with E-state index in [4.69, 9.17) is 5.11 Å². The second-order valence-corrected chi connectivity index (χ2v) is 6.96. The van der Waals surface area contributed by atoms with Crippen LogP contribution in [-0.2, 0) is 11.2 Å². The van der Waals surface area contributed by atoms with Crippen molar-refractivity contribution >= 4 is 5.97 Å². The molecule has 2 heteroatoms. The van der Waals surface area contributed by atoms with Gasteiger partial charge >= 0.3 is 5.97 Å². The number of carboxylic acids is 1. The molecule has 0 spiro atoms. The maximum Gasteiger partial charge on any atom is 0.303 e. The Morgan fingerprint density at radius 1 is 0.731 bits per heavy atom. The predicted molar refractivity (Wildman–Crippen MR) is 111 cm³/mol. The standard InChI is InChI=1S/C24H36O2/c25-24(26)22-18-13-11-9-7-5-3-1-2-4-6-8-10-12-15-19-23-20-16-14-17-21-23/h1,3-4,6,14,16-17,20-21H,2,5,7-13,15,18-19,22H2,(H,25,26)/b3-1-,6-4-. The summed E-state index contributed by atoms with van der Waals surface area (Å²) in [4.78, 5) is 10.4. The third-order valence-corrected chi connectivity index (χ3v) is 4.55. The molecule has 0 unspecified atom stereocenters. The molecule has 1 aromatic carbocycles. The summed E-state index contributed by atoms with van der Waals surface area (Å²) in [5.41, 5.74) is 1.45. The maximum atomic E-state index is 10.4. The Balaban J connectivity index is 1.82. The molecule has 0 heterocycles. The highest BCUT2D eigenvalue weighted by molar-refractivity contribution is 5.66. The second kappa shape index (κ2) is 16.6. The van der Waals surface area contributed by atoms with Crippen LogP contribution in [0.25, 0.3) is 0 Å². The molecule has 0 saturated heterocycles. The summed E-state index contributed by atoms with van der Waals surface area (Å²) in [7, 11) is 0. The van der Waals surface area contributed by atoms with Crippen LogP contribution in [0.15, 0.2) is 54.6 Å². The van der Waals surface area contributed by atoms with Gasteiger partial charge < -0.3 is 5.11 Å². The van der Waals surface area contributed by atoms with E-state index in [2.05, 4.69) is 54.6 Å². The molecule has 144 valence electrons. The number of carboxylic acid groups (broad SMARTS) is 1. The van der Waals surface area contributed by atoms with E-state index in [1.165, 1.54) is 50.5 Å². The van der Waals surface area contributed by atoms with E-state index in [1.54, 1.807) is 0 Å². The molecule has 1 N–H and O–H groups in total. The van der Waals surface area contributed by atoms with Crippen LogP contribution < -0.4 is 0 Å². The van der Waals surface area contributed by atoms with Crippen molar-refractivity contribution in [2.75, 3.05) is 0 Å². The van der Waals surface area contributed by atoms with E-state index in [1.807, 2.05) is 0 Å². The van der Waals surface area contributed by atoms with Crippen LogP contribution in [0.4, 0.5) is 0 Å². The number of hydrogen-bond acceptors (Lipinski definition) is 1. The Morgan fingerprint density at radius 2 is 1.31 bits per heavy atom. The quantitative estimate of drug-likeness (QED) is 0.253. The van der Waals surface area contributed by atoms with Gasteiger partial charge in [0, 0.05) is 6.42 Å². The fraction of sp³-hybridized carbons (Fsp3) is 0.542. The van der Waals surface area contributed by atoms with Crippen LogP contribution in [0.1, 0.15) is 82.6 Å². The molecule has 0 bridgehead atoms. The highest BCUT2D eigenvalue weighted by atomic mass is 16.4. The van der Waals surface area contributed by atoms with Gasteiger partial charge in [-0.15, -0.1) is 0 Å². The number of aryl methyl sites for hydroxylation is 1. The van der Waals surface area contributed by atoms with Crippen molar-refractivity contribution in [2.45, 2.75) is 83.5 Å². The zero-order valence-electron chi connectivity index (χ0n) is 16.2. The topological polar surface area (TPSA) is 37.3 Å². The average molecular weight is 357 g/mol. The number of unbranched alkanes of at least 4 members (excludes halogenated alkanes) is 8. The Morgan fingerprint density at radius 3 is 1.96 bits per heavy atom. The lowest BCUT2D eigenvalue weighted by Crippen LogP contribution is -1.93. The molecule has 0 aliphatic carbocycles. The molecule has 2 nitrogen and oxygen atoms in total. The van der Waals surface area contributed by atoms with E-state index in [0.717, 1.165) is 32.1 Å². The zero-order valence-corrected chi connectivity index (χ0v) is 16.2. The summed E-state index contributed by atoms with van der Waals surface area (Å²) in [5.74, 6) is -0.673. The predicted octanol–water partition coefficient (Wildman–Crippen LogP) is 7.11. The fourth-order valence-electron chi connectivity index (χ4n) is 2.99. The van der Waals surface area contributed by atoms with Crippen molar-refractivity contribution in [3.05, 3.63) is 60.2 Å². The number of rotatable bonds is 16. The van der Waals surface area contributed by atoms with E-state index < -0.39 is 5.97 Å². The van der Waals surface area contributed by atoms with Gasteiger partial charge in [-0.2, -0.15) is 0 Å². The molecule has 1 aromatic rings. The van der Waals surface area contributed by atoms with Gasteiger partial charge in [0.2, 0.25) is 0 Å². The molecule has 0 saturated carbocycles. The highest BCUT2D eigenvalue weighted by Gasteiger charge is 1.95. The fourth-order valence-corrected chi connectivity index (χ4v) is 2.99. The molecular weight excluding hydrogens is 320 g/mol. The molecule has 0 amide bonds. The monoisotopic (exact) mass is 356 g/mol. The van der Waals surface area contributed by atoms with Crippen molar-refractivity contribution in [2.24, 2.45) is 0 Å². The summed E-state index contributed by atoms with van der Waals surface area (Å²) >= 11 is 0. The van der Waals surface area contributed by atoms with Crippen molar-refractivity contribution in [1.29, 1.82) is 0 Å².